The molecule has 94 valence electrons. The van der Waals surface area contributed by atoms with Crippen molar-refractivity contribution in [1.82, 2.24) is 20.2 Å². The van der Waals surface area contributed by atoms with E-state index in [4.69, 9.17) is 0 Å². The second-order valence-corrected chi connectivity index (χ2v) is 4.40. The third-order valence-corrected chi connectivity index (χ3v) is 2.90. The fraction of sp³-hybridized carbons (Fsp3) is 0.667. The van der Waals surface area contributed by atoms with Crippen molar-refractivity contribution in [3.05, 3.63) is 18.2 Å². The molecule has 1 aliphatic carbocycles. The molecule has 1 aromatic rings. The molecule has 5 nitrogen and oxygen atoms in total. The first-order valence-electron chi connectivity index (χ1n) is 6.29. The largest absolute Gasteiger partial charge is 0.353 e. The Morgan fingerprint density at radius 2 is 2.41 bits per heavy atom. The second kappa shape index (κ2) is 5.82. The summed E-state index contributed by atoms with van der Waals surface area (Å²) in [5.74, 6) is 1.17. The number of aromatic nitrogens is 2. The summed E-state index contributed by atoms with van der Waals surface area (Å²) in [5.41, 5.74) is 0. The number of aryl methyl sites for hydroxylation is 1. The molecule has 1 aromatic heterocycles. The maximum atomic E-state index is 11.4. The summed E-state index contributed by atoms with van der Waals surface area (Å²) in [6, 6.07) is 0.460. The lowest BCUT2D eigenvalue weighted by Crippen LogP contribution is -2.29. The van der Waals surface area contributed by atoms with Gasteiger partial charge in [0.2, 0.25) is 5.91 Å². The summed E-state index contributed by atoms with van der Waals surface area (Å²) in [6.07, 6.45) is 6.61. The molecule has 2 N–H and O–H groups in total. The number of carbonyl (C=O) groups is 1. The molecule has 0 spiro atoms. The summed E-state index contributed by atoms with van der Waals surface area (Å²) >= 11 is 0. The van der Waals surface area contributed by atoms with Gasteiger partial charge in [-0.05, 0) is 19.8 Å². The summed E-state index contributed by atoms with van der Waals surface area (Å²) in [4.78, 5) is 15.7. The third-order valence-electron chi connectivity index (χ3n) is 2.90. The highest BCUT2D eigenvalue weighted by atomic mass is 16.1. The van der Waals surface area contributed by atoms with Crippen LogP contribution in [0.4, 0.5) is 0 Å². The zero-order valence-corrected chi connectivity index (χ0v) is 10.3. The molecule has 0 aromatic carbocycles. The van der Waals surface area contributed by atoms with Crippen LogP contribution in [0.5, 0.6) is 0 Å². The van der Waals surface area contributed by atoms with Crippen LogP contribution < -0.4 is 10.6 Å². The molecule has 1 aliphatic rings. The van der Waals surface area contributed by atoms with E-state index in [-0.39, 0.29) is 5.91 Å². The van der Waals surface area contributed by atoms with Gasteiger partial charge in [-0.3, -0.25) is 4.79 Å². The summed E-state index contributed by atoms with van der Waals surface area (Å²) in [5, 5.41) is 6.21. The van der Waals surface area contributed by atoms with E-state index in [0.717, 1.165) is 31.8 Å². The van der Waals surface area contributed by atoms with Gasteiger partial charge >= 0.3 is 0 Å². The van der Waals surface area contributed by atoms with Crippen molar-refractivity contribution in [3.63, 3.8) is 0 Å². The molecule has 2 rings (SSSR count). The maximum absolute atomic E-state index is 11.4. The number of imidazole rings is 1. The minimum absolute atomic E-state index is 0.152. The van der Waals surface area contributed by atoms with E-state index in [2.05, 4.69) is 27.1 Å². The van der Waals surface area contributed by atoms with Gasteiger partial charge in [0.25, 0.3) is 0 Å². The highest BCUT2D eigenvalue weighted by Gasteiger charge is 2.22. The number of nitrogens with zero attached hydrogens (tertiary/aromatic N) is 2. The zero-order chi connectivity index (χ0) is 12.1. The Morgan fingerprint density at radius 1 is 1.59 bits per heavy atom. The molecular formula is C12H20N4O. The van der Waals surface area contributed by atoms with Gasteiger partial charge in [0.15, 0.2) is 0 Å². The zero-order valence-electron chi connectivity index (χ0n) is 10.3. The van der Waals surface area contributed by atoms with Crippen LogP contribution in [0, 0.1) is 0 Å². The van der Waals surface area contributed by atoms with Gasteiger partial charge in [-0.15, -0.1) is 0 Å². The van der Waals surface area contributed by atoms with Crippen molar-refractivity contribution in [3.8, 4) is 0 Å². The van der Waals surface area contributed by atoms with Crippen LogP contribution in [0.25, 0.3) is 0 Å². The Hall–Kier alpha value is -1.36. The molecule has 17 heavy (non-hydrogen) atoms. The van der Waals surface area contributed by atoms with E-state index < -0.39 is 0 Å². The van der Waals surface area contributed by atoms with E-state index in [9.17, 15) is 4.79 Å². The number of carbonyl (C=O) groups excluding carboxylic acids is 1. The van der Waals surface area contributed by atoms with Crippen LogP contribution in [-0.4, -0.2) is 28.0 Å². The topological polar surface area (TPSA) is 59.0 Å². The molecule has 1 heterocycles. The lowest BCUT2D eigenvalue weighted by atomic mass is 10.4. The van der Waals surface area contributed by atoms with Crippen molar-refractivity contribution < 1.29 is 4.79 Å². The van der Waals surface area contributed by atoms with Crippen LogP contribution in [0.15, 0.2) is 12.4 Å². The Balaban J connectivity index is 1.60. The Bertz CT molecular complexity index is 370. The average molecular weight is 236 g/mol. The second-order valence-electron chi connectivity index (χ2n) is 4.40. The molecule has 0 bridgehead atoms. The highest BCUT2D eigenvalue weighted by molar-refractivity contribution is 5.76. The van der Waals surface area contributed by atoms with Crippen molar-refractivity contribution in [2.45, 2.75) is 45.3 Å². The Labute approximate surface area is 102 Å². The van der Waals surface area contributed by atoms with E-state index in [0.29, 0.717) is 19.0 Å². The first kappa shape index (κ1) is 12.1. The predicted octanol–water partition coefficient (Wildman–Crippen LogP) is 0.661. The summed E-state index contributed by atoms with van der Waals surface area (Å²) < 4.78 is 2.09. The standard InChI is InChI=1S/C12H20N4O/c1-2-16-8-7-14-11(16)9-13-6-5-12(17)15-10-3-4-10/h7-8,10,13H,2-6,9H2,1H3,(H,15,17). The van der Waals surface area contributed by atoms with E-state index in [1.165, 1.54) is 0 Å². The van der Waals surface area contributed by atoms with Gasteiger partial charge in [-0.25, -0.2) is 4.98 Å². The number of hydrogen-bond donors (Lipinski definition) is 2. The molecule has 0 saturated heterocycles. The normalized spacial score (nSPS) is 14.9. The number of amides is 1. The predicted molar refractivity (Wildman–Crippen MR) is 65.4 cm³/mol. The van der Waals surface area contributed by atoms with Crippen molar-refractivity contribution in [1.29, 1.82) is 0 Å². The van der Waals surface area contributed by atoms with Crippen molar-refractivity contribution in [2.75, 3.05) is 6.54 Å². The molecule has 1 amide bonds. The molecular weight excluding hydrogens is 216 g/mol. The monoisotopic (exact) mass is 236 g/mol. The van der Waals surface area contributed by atoms with Gasteiger partial charge in [-0.2, -0.15) is 0 Å². The van der Waals surface area contributed by atoms with Crippen molar-refractivity contribution in [2.24, 2.45) is 0 Å². The first-order valence-corrected chi connectivity index (χ1v) is 6.29. The fourth-order valence-electron chi connectivity index (χ4n) is 1.72. The summed E-state index contributed by atoms with van der Waals surface area (Å²) in [6.45, 7) is 4.44. The quantitative estimate of drug-likeness (QED) is 0.684. The number of hydrogen-bond acceptors (Lipinski definition) is 3. The summed E-state index contributed by atoms with van der Waals surface area (Å²) in [7, 11) is 0. The molecule has 1 saturated carbocycles. The number of rotatable bonds is 7. The Morgan fingerprint density at radius 3 is 3.12 bits per heavy atom. The highest BCUT2D eigenvalue weighted by Crippen LogP contribution is 2.18. The molecule has 1 fully saturated rings. The average Bonchev–Trinajstić information content (AvgIpc) is 3.01. The lowest BCUT2D eigenvalue weighted by molar-refractivity contribution is -0.121. The van der Waals surface area contributed by atoms with Crippen LogP contribution in [-0.2, 0) is 17.9 Å². The van der Waals surface area contributed by atoms with Gasteiger partial charge in [0.05, 0.1) is 6.54 Å². The van der Waals surface area contributed by atoms with Crippen LogP contribution in [0.2, 0.25) is 0 Å². The first-order chi connectivity index (χ1) is 8.29. The minimum atomic E-state index is 0.152. The molecule has 0 atom stereocenters. The minimum Gasteiger partial charge on any atom is -0.353 e. The van der Waals surface area contributed by atoms with Crippen LogP contribution in [0.3, 0.4) is 0 Å². The molecule has 0 aliphatic heterocycles. The maximum Gasteiger partial charge on any atom is 0.221 e. The third kappa shape index (κ3) is 3.85. The smallest absolute Gasteiger partial charge is 0.221 e. The number of nitrogens with one attached hydrogen (secondary N) is 2. The van der Waals surface area contributed by atoms with Gasteiger partial charge < -0.3 is 15.2 Å². The van der Waals surface area contributed by atoms with Gasteiger partial charge in [-0.1, -0.05) is 0 Å². The van der Waals surface area contributed by atoms with E-state index >= 15 is 0 Å². The van der Waals surface area contributed by atoms with Gasteiger partial charge in [0.1, 0.15) is 5.82 Å². The lowest BCUT2D eigenvalue weighted by Gasteiger charge is -2.07. The van der Waals surface area contributed by atoms with Crippen LogP contribution in [0.1, 0.15) is 32.0 Å². The van der Waals surface area contributed by atoms with E-state index in [1.807, 2.05) is 6.20 Å². The van der Waals surface area contributed by atoms with Crippen molar-refractivity contribution >= 4 is 5.91 Å². The van der Waals surface area contributed by atoms with Gasteiger partial charge in [0, 0.05) is 37.9 Å². The fourth-order valence-corrected chi connectivity index (χ4v) is 1.72. The molecule has 0 radical (unpaired) electrons. The van der Waals surface area contributed by atoms with E-state index in [1.54, 1.807) is 6.20 Å². The molecule has 5 heteroatoms. The van der Waals surface area contributed by atoms with Crippen LogP contribution >= 0.6 is 0 Å². The molecule has 0 unspecified atom stereocenters. The SMILES string of the molecule is CCn1ccnc1CNCCC(=O)NC1CC1. The Kier molecular flexibility index (Phi) is 4.14.